The van der Waals surface area contributed by atoms with Crippen LogP contribution in [0, 0.1) is 13.8 Å². The Morgan fingerprint density at radius 3 is 2.95 bits per heavy atom. The maximum atomic E-state index is 10.6. The first kappa shape index (κ1) is 14.5. The number of aliphatic carboxylic acids is 1. The van der Waals surface area contributed by atoms with Gasteiger partial charge in [-0.2, -0.15) is 0 Å². The topological polar surface area (TPSA) is 59.4 Å². The molecule has 0 aliphatic heterocycles. The van der Waals surface area contributed by atoms with Gasteiger partial charge in [0.15, 0.2) is 0 Å². The van der Waals surface area contributed by atoms with E-state index in [-0.39, 0.29) is 6.42 Å². The molecule has 1 aromatic carbocycles. The van der Waals surface area contributed by atoms with Crippen LogP contribution in [0.3, 0.4) is 0 Å². The first-order valence-electron chi connectivity index (χ1n) is 6.39. The molecule has 4 nitrogen and oxygen atoms in total. The van der Waals surface area contributed by atoms with E-state index in [1.807, 2.05) is 26.0 Å². The highest BCUT2D eigenvalue weighted by atomic mass is 32.1. The zero-order valence-corrected chi connectivity index (χ0v) is 12.4. The molecule has 0 atom stereocenters. The maximum absolute atomic E-state index is 10.6. The SMILES string of the molecule is Cc1ccc(C)c(OCCc2nc(CC(=O)O)cs2)c1. The van der Waals surface area contributed by atoms with Crippen molar-refractivity contribution in [1.82, 2.24) is 4.98 Å². The summed E-state index contributed by atoms with van der Waals surface area (Å²) < 4.78 is 5.76. The number of thiazole rings is 1. The number of hydrogen-bond acceptors (Lipinski definition) is 4. The van der Waals surface area contributed by atoms with Gasteiger partial charge in [-0.05, 0) is 31.0 Å². The smallest absolute Gasteiger partial charge is 0.309 e. The molecule has 1 aromatic heterocycles. The zero-order chi connectivity index (χ0) is 14.5. The second kappa shape index (κ2) is 6.52. The van der Waals surface area contributed by atoms with E-state index in [0.717, 1.165) is 16.3 Å². The maximum Gasteiger partial charge on any atom is 0.309 e. The highest BCUT2D eigenvalue weighted by molar-refractivity contribution is 7.09. The summed E-state index contributed by atoms with van der Waals surface area (Å²) in [5.41, 5.74) is 2.90. The van der Waals surface area contributed by atoms with Gasteiger partial charge in [-0.25, -0.2) is 4.98 Å². The van der Waals surface area contributed by atoms with Crippen molar-refractivity contribution in [3.63, 3.8) is 0 Å². The molecule has 2 aromatic rings. The lowest BCUT2D eigenvalue weighted by atomic mass is 10.1. The molecule has 0 spiro atoms. The molecule has 0 aliphatic carbocycles. The fourth-order valence-corrected chi connectivity index (χ4v) is 2.59. The van der Waals surface area contributed by atoms with E-state index < -0.39 is 5.97 Å². The molecule has 0 fully saturated rings. The van der Waals surface area contributed by atoms with Crippen LogP contribution in [0.25, 0.3) is 0 Å². The lowest BCUT2D eigenvalue weighted by molar-refractivity contribution is -0.136. The van der Waals surface area contributed by atoms with Crippen LogP contribution < -0.4 is 4.74 Å². The molecule has 0 radical (unpaired) electrons. The summed E-state index contributed by atoms with van der Waals surface area (Å²) >= 11 is 1.48. The lowest BCUT2D eigenvalue weighted by Crippen LogP contribution is -2.04. The van der Waals surface area contributed by atoms with Crippen LogP contribution in [0.5, 0.6) is 5.75 Å². The van der Waals surface area contributed by atoms with Crippen molar-refractivity contribution in [3.05, 3.63) is 45.4 Å². The first-order valence-corrected chi connectivity index (χ1v) is 7.27. The third-order valence-corrected chi connectivity index (χ3v) is 3.81. The molecular formula is C15H17NO3S. The fourth-order valence-electron chi connectivity index (χ4n) is 1.81. The van der Waals surface area contributed by atoms with Crippen LogP contribution in [-0.4, -0.2) is 22.7 Å². The van der Waals surface area contributed by atoms with Gasteiger partial charge in [0.05, 0.1) is 23.7 Å². The fraction of sp³-hybridized carbons (Fsp3) is 0.333. The average molecular weight is 291 g/mol. The Labute approximate surface area is 122 Å². The van der Waals surface area contributed by atoms with E-state index in [9.17, 15) is 4.79 Å². The van der Waals surface area contributed by atoms with Crippen molar-refractivity contribution < 1.29 is 14.6 Å². The molecule has 1 N–H and O–H groups in total. The van der Waals surface area contributed by atoms with Gasteiger partial charge in [0.25, 0.3) is 0 Å². The molecule has 0 unspecified atom stereocenters. The minimum absolute atomic E-state index is 0.0195. The second-order valence-electron chi connectivity index (χ2n) is 4.67. The normalized spacial score (nSPS) is 10.5. The highest BCUT2D eigenvalue weighted by Crippen LogP contribution is 2.19. The van der Waals surface area contributed by atoms with Crippen molar-refractivity contribution in [3.8, 4) is 5.75 Å². The third-order valence-electron chi connectivity index (χ3n) is 2.85. The summed E-state index contributed by atoms with van der Waals surface area (Å²) in [6.07, 6.45) is 0.673. The molecule has 0 amide bonds. The number of nitrogens with zero attached hydrogens (tertiary/aromatic N) is 1. The largest absolute Gasteiger partial charge is 0.493 e. The summed E-state index contributed by atoms with van der Waals surface area (Å²) in [4.78, 5) is 14.9. The van der Waals surface area contributed by atoms with Crippen molar-refractivity contribution >= 4 is 17.3 Å². The minimum Gasteiger partial charge on any atom is -0.493 e. The zero-order valence-electron chi connectivity index (χ0n) is 11.5. The average Bonchev–Trinajstić information content (AvgIpc) is 2.80. The molecule has 0 saturated heterocycles. The summed E-state index contributed by atoms with van der Waals surface area (Å²) in [6, 6.07) is 6.12. The Morgan fingerprint density at radius 1 is 1.40 bits per heavy atom. The summed E-state index contributed by atoms with van der Waals surface area (Å²) in [5, 5.41) is 11.4. The van der Waals surface area contributed by atoms with E-state index in [1.54, 1.807) is 5.38 Å². The molecule has 0 aliphatic rings. The van der Waals surface area contributed by atoms with Gasteiger partial charge in [0, 0.05) is 11.8 Å². The monoisotopic (exact) mass is 291 g/mol. The molecule has 1 heterocycles. The predicted octanol–water partition coefficient (Wildman–Crippen LogP) is 3.01. The van der Waals surface area contributed by atoms with Crippen molar-refractivity contribution in [2.45, 2.75) is 26.7 Å². The van der Waals surface area contributed by atoms with Gasteiger partial charge < -0.3 is 9.84 Å². The Morgan fingerprint density at radius 2 is 2.20 bits per heavy atom. The van der Waals surface area contributed by atoms with Crippen molar-refractivity contribution in [2.75, 3.05) is 6.61 Å². The standard InChI is InChI=1S/C15H17NO3S/c1-10-3-4-11(2)13(7-10)19-6-5-14-16-12(9-20-14)8-15(17)18/h3-4,7,9H,5-6,8H2,1-2H3,(H,17,18). The number of ether oxygens (including phenoxy) is 1. The number of carboxylic acids is 1. The van der Waals surface area contributed by atoms with Crippen molar-refractivity contribution in [1.29, 1.82) is 0 Å². The van der Waals surface area contributed by atoms with Gasteiger partial charge in [-0.3, -0.25) is 4.79 Å². The van der Waals surface area contributed by atoms with E-state index in [0.29, 0.717) is 18.7 Å². The van der Waals surface area contributed by atoms with Gasteiger partial charge >= 0.3 is 5.97 Å². The van der Waals surface area contributed by atoms with Gasteiger partial charge in [-0.1, -0.05) is 12.1 Å². The first-order chi connectivity index (χ1) is 9.54. The van der Waals surface area contributed by atoms with Crippen molar-refractivity contribution in [2.24, 2.45) is 0 Å². The molecular weight excluding hydrogens is 274 g/mol. The number of rotatable bonds is 6. The van der Waals surface area contributed by atoms with Gasteiger partial charge in [-0.15, -0.1) is 11.3 Å². The highest BCUT2D eigenvalue weighted by Gasteiger charge is 2.07. The molecule has 106 valence electrons. The lowest BCUT2D eigenvalue weighted by Gasteiger charge is -2.08. The van der Waals surface area contributed by atoms with Crippen LogP contribution in [0.1, 0.15) is 21.8 Å². The Balaban J connectivity index is 1.88. The minimum atomic E-state index is -0.853. The van der Waals surface area contributed by atoms with Crippen LogP contribution in [0.4, 0.5) is 0 Å². The number of carboxylic acid groups (broad SMARTS) is 1. The van der Waals surface area contributed by atoms with E-state index >= 15 is 0 Å². The van der Waals surface area contributed by atoms with E-state index in [2.05, 4.69) is 11.1 Å². The van der Waals surface area contributed by atoms with Gasteiger partial charge in [0.1, 0.15) is 5.75 Å². The van der Waals surface area contributed by atoms with Crippen LogP contribution in [-0.2, 0) is 17.6 Å². The Bertz CT molecular complexity index is 607. The van der Waals surface area contributed by atoms with Crippen LogP contribution >= 0.6 is 11.3 Å². The van der Waals surface area contributed by atoms with E-state index in [1.165, 1.54) is 16.9 Å². The Kier molecular flexibility index (Phi) is 4.74. The second-order valence-corrected chi connectivity index (χ2v) is 5.61. The molecule has 0 bridgehead atoms. The summed E-state index contributed by atoms with van der Waals surface area (Å²) in [6.45, 7) is 4.60. The Hall–Kier alpha value is -1.88. The van der Waals surface area contributed by atoms with Crippen LogP contribution in [0.2, 0.25) is 0 Å². The number of benzene rings is 1. The summed E-state index contributed by atoms with van der Waals surface area (Å²) in [7, 11) is 0. The third kappa shape index (κ3) is 4.06. The number of carbonyl (C=O) groups is 1. The van der Waals surface area contributed by atoms with E-state index in [4.69, 9.17) is 9.84 Å². The molecule has 0 saturated carbocycles. The van der Waals surface area contributed by atoms with Gasteiger partial charge in [0.2, 0.25) is 0 Å². The molecule has 20 heavy (non-hydrogen) atoms. The number of aromatic nitrogens is 1. The van der Waals surface area contributed by atoms with Crippen LogP contribution in [0.15, 0.2) is 23.6 Å². The predicted molar refractivity (Wildman–Crippen MR) is 78.6 cm³/mol. The number of hydrogen-bond donors (Lipinski definition) is 1. The molecule has 5 heteroatoms. The molecule has 2 rings (SSSR count). The number of aryl methyl sites for hydroxylation is 2. The quantitative estimate of drug-likeness (QED) is 0.888. The summed E-state index contributed by atoms with van der Waals surface area (Å²) in [5.74, 6) is 0.0424.